The number of benzene rings is 2. The van der Waals surface area contributed by atoms with Crippen molar-refractivity contribution in [1.29, 1.82) is 0 Å². The Morgan fingerprint density at radius 1 is 0.864 bits per heavy atom. The highest BCUT2D eigenvalue weighted by molar-refractivity contribution is 7.87. The Labute approximate surface area is 252 Å². The molecule has 1 saturated carbocycles. The second-order valence-electron chi connectivity index (χ2n) is 10.9. The van der Waals surface area contributed by atoms with E-state index in [4.69, 9.17) is 0 Å². The Morgan fingerprint density at radius 3 is 1.98 bits per heavy atom. The van der Waals surface area contributed by atoms with Crippen molar-refractivity contribution >= 4 is 22.1 Å². The van der Waals surface area contributed by atoms with Crippen LogP contribution in [0.1, 0.15) is 72.5 Å². The fraction of sp³-hybridized carbons (Fsp3) is 0.517. The number of unbranched alkanes of at least 4 members (excludes halogenated alkanes) is 1. The fourth-order valence-corrected chi connectivity index (χ4v) is 6.15. The van der Waals surface area contributed by atoms with Gasteiger partial charge in [-0.05, 0) is 67.7 Å². The van der Waals surface area contributed by atoms with Gasteiger partial charge in [0.2, 0.25) is 0 Å². The molecule has 0 aliphatic heterocycles. The number of nitrogens with zero attached hydrogens (tertiary/aromatic N) is 1. The quantitative estimate of drug-likeness (QED) is 0.191. The predicted octanol–water partition coefficient (Wildman–Crippen LogP) is 6.11. The average molecular weight is 651 g/mol. The maximum atomic E-state index is 13.4. The molecule has 44 heavy (non-hydrogen) atoms. The molecule has 1 fully saturated rings. The highest BCUT2D eigenvalue weighted by Gasteiger charge is 2.38. The summed E-state index contributed by atoms with van der Waals surface area (Å²) in [7, 11) is -4.70. The molecule has 0 unspecified atom stereocenters. The second-order valence-corrected chi connectivity index (χ2v) is 12.6. The van der Waals surface area contributed by atoms with E-state index < -0.39 is 45.2 Å². The lowest BCUT2D eigenvalue weighted by atomic mass is 9.82. The molecule has 244 valence electrons. The minimum Gasteiger partial charge on any atom is -0.338 e. The van der Waals surface area contributed by atoms with Crippen LogP contribution in [0.2, 0.25) is 0 Å². The molecule has 0 bridgehead atoms. The molecule has 0 atom stereocenters. The van der Waals surface area contributed by atoms with Crippen LogP contribution in [0.15, 0.2) is 48.5 Å². The van der Waals surface area contributed by atoms with Gasteiger partial charge >= 0.3 is 28.6 Å². The van der Waals surface area contributed by atoms with Crippen molar-refractivity contribution in [1.82, 2.24) is 19.7 Å². The first-order valence-corrected chi connectivity index (χ1v) is 15.7. The van der Waals surface area contributed by atoms with Gasteiger partial charge < -0.3 is 10.6 Å². The molecule has 0 radical (unpaired) electrons. The monoisotopic (exact) mass is 650 g/mol. The zero-order valence-corrected chi connectivity index (χ0v) is 24.9. The molecule has 8 nitrogen and oxygen atoms in total. The van der Waals surface area contributed by atoms with Crippen LogP contribution in [0.25, 0.3) is 0 Å². The van der Waals surface area contributed by atoms with E-state index in [2.05, 4.69) is 10.6 Å². The van der Waals surface area contributed by atoms with Gasteiger partial charge in [-0.25, -0.2) is 9.52 Å². The molecule has 1 aliphatic carbocycles. The van der Waals surface area contributed by atoms with Crippen LogP contribution in [-0.2, 0) is 29.1 Å². The summed E-state index contributed by atoms with van der Waals surface area (Å²) in [6.45, 7) is 2.84. The summed E-state index contributed by atoms with van der Waals surface area (Å²) in [5, 5.41) is 5.62. The first kappa shape index (κ1) is 35.2. The summed E-state index contributed by atoms with van der Waals surface area (Å²) >= 11 is 0. The van der Waals surface area contributed by atoms with Gasteiger partial charge in [0.15, 0.2) is 0 Å². The van der Waals surface area contributed by atoms with E-state index in [0.29, 0.717) is 44.3 Å². The lowest BCUT2D eigenvalue weighted by molar-refractivity contribution is -0.143. The Balaban J connectivity index is 1.73. The van der Waals surface area contributed by atoms with Crippen LogP contribution in [0.3, 0.4) is 0 Å². The SMILES string of the molecule is CCCCNC(=O)NCC1CCC(CN(Cc2ccccc2)S(=O)(=O)NC(=O)c2cc(C(F)(F)F)cc(C(F)(F)F)c2)CC1. The van der Waals surface area contributed by atoms with Crippen molar-refractivity contribution in [2.24, 2.45) is 11.8 Å². The summed E-state index contributed by atoms with van der Waals surface area (Å²) in [4.78, 5) is 24.8. The van der Waals surface area contributed by atoms with E-state index in [1.165, 1.54) is 0 Å². The molecule has 0 heterocycles. The number of hydrogen-bond acceptors (Lipinski definition) is 4. The number of nitrogens with one attached hydrogen (secondary N) is 3. The van der Waals surface area contributed by atoms with Crippen molar-refractivity contribution in [2.75, 3.05) is 19.6 Å². The Bertz CT molecular complexity index is 1330. The van der Waals surface area contributed by atoms with Crippen LogP contribution in [0, 0.1) is 11.8 Å². The van der Waals surface area contributed by atoms with E-state index >= 15 is 0 Å². The third-order valence-corrected chi connectivity index (χ3v) is 8.81. The largest absolute Gasteiger partial charge is 0.416 e. The second kappa shape index (κ2) is 15.1. The van der Waals surface area contributed by atoms with Gasteiger partial charge in [-0.2, -0.15) is 39.1 Å². The molecule has 2 aromatic rings. The van der Waals surface area contributed by atoms with Crippen LogP contribution in [-0.4, -0.2) is 44.3 Å². The number of hydrogen-bond donors (Lipinski definition) is 3. The molecule has 0 saturated heterocycles. The van der Waals surface area contributed by atoms with E-state index in [-0.39, 0.29) is 49.2 Å². The van der Waals surface area contributed by atoms with Gasteiger partial charge in [0, 0.05) is 31.7 Å². The van der Waals surface area contributed by atoms with E-state index in [1.807, 2.05) is 6.92 Å². The number of carbonyl (C=O) groups excluding carboxylic acids is 2. The summed E-state index contributed by atoms with van der Waals surface area (Å²) in [5.41, 5.74) is -4.00. The average Bonchev–Trinajstić information content (AvgIpc) is 2.96. The number of urea groups is 1. The van der Waals surface area contributed by atoms with Gasteiger partial charge in [0.05, 0.1) is 11.1 Å². The number of amides is 3. The van der Waals surface area contributed by atoms with Crippen molar-refractivity contribution < 1.29 is 44.3 Å². The van der Waals surface area contributed by atoms with Gasteiger partial charge in [-0.3, -0.25) is 4.79 Å². The maximum absolute atomic E-state index is 13.4. The molecule has 3 rings (SSSR count). The molecular formula is C29H36F6N4O4S. The lowest BCUT2D eigenvalue weighted by Gasteiger charge is -2.32. The van der Waals surface area contributed by atoms with E-state index in [0.717, 1.165) is 17.1 Å². The molecule has 3 amide bonds. The van der Waals surface area contributed by atoms with E-state index in [1.54, 1.807) is 35.1 Å². The van der Waals surface area contributed by atoms with Crippen molar-refractivity contribution in [3.8, 4) is 0 Å². The van der Waals surface area contributed by atoms with Gasteiger partial charge in [-0.1, -0.05) is 43.7 Å². The Morgan fingerprint density at radius 2 is 1.43 bits per heavy atom. The summed E-state index contributed by atoms with van der Waals surface area (Å²) in [5.74, 6) is -1.57. The lowest BCUT2D eigenvalue weighted by Crippen LogP contribution is -2.45. The highest BCUT2D eigenvalue weighted by atomic mass is 32.2. The molecule has 2 aromatic carbocycles. The van der Waals surface area contributed by atoms with Gasteiger partial charge in [-0.15, -0.1) is 0 Å². The highest BCUT2D eigenvalue weighted by Crippen LogP contribution is 2.36. The first-order valence-electron chi connectivity index (χ1n) is 14.3. The predicted molar refractivity (Wildman–Crippen MR) is 151 cm³/mol. The third kappa shape index (κ3) is 10.7. The molecule has 3 N–H and O–H groups in total. The van der Waals surface area contributed by atoms with Crippen molar-refractivity contribution in [3.63, 3.8) is 0 Å². The van der Waals surface area contributed by atoms with Gasteiger partial charge in [0.1, 0.15) is 0 Å². The molecular weight excluding hydrogens is 614 g/mol. The number of rotatable bonds is 12. The number of alkyl halides is 6. The van der Waals surface area contributed by atoms with E-state index in [9.17, 15) is 44.3 Å². The van der Waals surface area contributed by atoms with Crippen molar-refractivity contribution in [2.45, 2.75) is 64.3 Å². The minimum atomic E-state index is -5.21. The third-order valence-electron chi connectivity index (χ3n) is 7.41. The molecule has 1 aliphatic rings. The number of halogens is 6. The normalized spacial score (nSPS) is 17.7. The Kier molecular flexibility index (Phi) is 12.1. The Hall–Kier alpha value is -3.33. The van der Waals surface area contributed by atoms with Crippen LogP contribution >= 0.6 is 0 Å². The van der Waals surface area contributed by atoms with Gasteiger partial charge in [0.25, 0.3) is 5.91 Å². The van der Waals surface area contributed by atoms with Crippen molar-refractivity contribution in [3.05, 3.63) is 70.8 Å². The van der Waals surface area contributed by atoms with Crippen LogP contribution in [0.5, 0.6) is 0 Å². The zero-order valence-electron chi connectivity index (χ0n) is 24.1. The van der Waals surface area contributed by atoms with Crippen LogP contribution < -0.4 is 15.4 Å². The maximum Gasteiger partial charge on any atom is 0.416 e. The molecule has 0 spiro atoms. The first-order chi connectivity index (χ1) is 20.6. The number of carbonyl (C=O) groups is 2. The summed E-state index contributed by atoms with van der Waals surface area (Å²) in [6, 6.07) is 8.35. The summed E-state index contributed by atoms with van der Waals surface area (Å²) in [6.07, 6.45) is -5.96. The molecule has 0 aromatic heterocycles. The standard InChI is InChI=1S/C29H36F6N4O4S/c1-2-3-13-36-27(41)37-17-20-9-11-22(12-10-20)19-39(18-21-7-5-4-6-8-21)44(42,43)38-26(40)23-14-24(28(30,31)32)16-25(15-23)29(33,34)35/h4-8,14-16,20,22H,2-3,9-13,17-19H2,1H3,(H,38,40)(H2,36,37,41). The van der Waals surface area contributed by atoms with Crippen LogP contribution in [0.4, 0.5) is 31.1 Å². The summed E-state index contributed by atoms with van der Waals surface area (Å²) < 4.78 is 109. The minimum absolute atomic E-state index is 0.0362. The molecule has 15 heteroatoms. The fourth-order valence-electron chi connectivity index (χ4n) is 4.95. The zero-order chi connectivity index (χ0) is 32.5. The topological polar surface area (TPSA) is 108 Å². The smallest absolute Gasteiger partial charge is 0.338 e.